The second-order valence-corrected chi connectivity index (χ2v) is 7.99. The molecular weight excluding hydrogens is 318 g/mol. The molecule has 0 bridgehead atoms. The molecule has 1 atom stereocenters. The summed E-state index contributed by atoms with van der Waals surface area (Å²) >= 11 is 0. The zero-order valence-corrected chi connectivity index (χ0v) is 15.2. The molecule has 1 heterocycles. The third-order valence-corrected chi connectivity index (χ3v) is 4.40. The van der Waals surface area contributed by atoms with Crippen molar-refractivity contribution in [1.29, 1.82) is 0 Å². The first-order valence-corrected chi connectivity index (χ1v) is 10.5. The van der Waals surface area contributed by atoms with Crippen molar-refractivity contribution in [3.63, 3.8) is 0 Å². The minimum absolute atomic E-state index is 0.174. The van der Waals surface area contributed by atoms with Gasteiger partial charge in [0.05, 0.1) is 18.5 Å². The van der Waals surface area contributed by atoms with E-state index in [2.05, 4.69) is 15.6 Å². The largest absolute Gasteiger partial charge is 0.379 e. The van der Waals surface area contributed by atoms with E-state index in [1.165, 1.54) is 6.26 Å². The number of hydrogen-bond donors (Lipinski definition) is 2. The van der Waals surface area contributed by atoms with Crippen LogP contribution >= 0.6 is 0 Å². The Labute approximate surface area is 140 Å². The number of hydrogen-bond acceptors (Lipinski definition) is 5. The van der Waals surface area contributed by atoms with Crippen LogP contribution < -0.4 is 10.6 Å². The molecule has 1 saturated heterocycles. The van der Waals surface area contributed by atoms with E-state index in [1.54, 1.807) is 0 Å². The van der Waals surface area contributed by atoms with Crippen molar-refractivity contribution in [3.8, 4) is 0 Å². The van der Waals surface area contributed by atoms with E-state index >= 15 is 0 Å². The van der Waals surface area contributed by atoms with E-state index in [0.717, 1.165) is 44.9 Å². The van der Waals surface area contributed by atoms with Crippen LogP contribution in [0.4, 0.5) is 0 Å². The molecule has 1 fully saturated rings. The molecule has 8 heteroatoms. The number of sulfone groups is 1. The lowest BCUT2D eigenvalue weighted by atomic mass is 10.2. The highest BCUT2D eigenvalue weighted by Gasteiger charge is 2.14. The first kappa shape index (κ1) is 20.2. The van der Waals surface area contributed by atoms with Gasteiger partial charge in [0.1, 0.15) is 9.84 Å². The number of ether oxygens (including phenoxy) is 2. The van der Waals surface area contributed by atoms with Crippen molar-refractivity contribution in [2.75, 3.05) is 51.5 Å². The summed E-state index contributed by atoms with van der Waals surface area (Å²) < 4.78 is 33.2. The van der Waals surface area contributed by atoms with E-state index in [4.69, 9.17) is 9.47 Å². The maximum absolute atomic E-state index is 11.1. The summed E-state index contributed by atoms with van der Waals surface area (Å²) in [5.74, 6) is 0.896. The third-order valence-electron chi connectivity index (χ3n) is 3.37. The number of rotatable bonds is 11. The Morgan fingerprint density at radius 1 is 1.35 bits per heavy atom. The van der Waals surface area contributed by atoms with Gasteiger partial charge < -0.3 is 20.1 Å². The van der Waals surface area contributed by atoms with Crippen LogP contribution in [0.25, 0.3) is 0 Å². The van der Waals surface area contributed by atoms with Crippen LogP contribution in [-0.4, -0.2) is 71.9 Å². The predicted octanol–water partition coefficient (Wildman–Crippen LogP) is 0.562. The molecule has 0 aromatic carbocycles. The van der Waals surface area contributed by atoms with Crippen LogP contribution in [0, 0.1) is 0 Å². The average Bonchev–Trinajstić information content (AvgIpc) is 2.99. The van der Waals surface area contributed by atoms with Gasteiger partial charge in [0.15, 0.2) is 5.96 Å². The summed E-state index contributed by atoms with van der Waals surface area (Å²) in [4.78, 5) is 4.37. The van der Waals surface area contributed by atoms with E-state index in [0.29, 0.717) is 26.2 Å². The quantitative estimate of drug-likeness (QED) is 0.322. The number of nitrogens with one attached hydrogen (secondary N) is 2. The Kier molecular flexibility index (Phi) is 10.2. The Hall–Kier alpha value is -0.860. The second kappa shape index (κ2) is 11.6. The molecule has 23 heavy (non-hydrogen) atoms. The molecule has 0 amide bonds. The van der Waals surface area contributed by atoms with Gasteiger partial charge >= 0.3 is 0 Å². The standard InChI is InChI=1S/C15H31N3O4S/c1-3-16-15(18-9-6-12-23(2,19)20)17-8-5-10-21-13-14-7-4-11-22-14/h14H,3-13H2,1-2H3,(H2,16,17,18). The lowest BCUT2D eigenvalue weighted by molar-refractivity contribution is 0.0168. The molecule has 1 unspecified atom stereocenters. The van der Waals surface area contributed by atoms with Gasteiger partial charge in [-0.3, -0.25) is 4.99 Å². The van der Waals surface area contributed by atoms with Gasteiger partial charge in [-0.25, -0.2) is 8.42 Å². The molecule has 0 aromatic heterocycles. The monoisotopic (exact) mass is 349 g/mol. The number of nitrogens with zero attached hydrogens (tertiary/aromatic N) is 1. The van der Waals surface area contributed by atoms with Crippen LogP contribution in [-0.2, 0) is 19.3 Å². The molecule has 0 aromatic rings. The van der Waals surface area contributed by atoms with Crippen molar-refractivity contribution >= 4 is 15.8 Å². The topological polar surface area (TPSA) is 89.0 Å². The van der Waals surface area contributed by atoms with Gasteiger partial charge in [-0.05, 0) is 32.6 Å². The Morgan fingerprint density at radius 3 is 2.83 bits per heavy atom. The normalized spacial score (nSPS) is 19.0. The lowest BCUT2D eigenvalue weighted by Gasteiger charge is -2.12. The zero-order valence-electron chi connectivity index (χ0n) is 14.3. The minimum Gasteiger partial charge on any atom is -0.379 e. The molecule has 1 aliphatic rings. The molecule has 0 aliphatic carbocycles. The molecule has 136 valence electrons. The van der Waals surface area contributed by atoms with Gasteiger partial charge in [-0.1, -0.05) is 0 Å². The van der Waals surface area contributed by atoms with Gasteiger partial charge in [0.25, 0.3) is 0 Å². The fourth-order valence-corrected chi connectivity index (χ4v) is 2.88. The molecule has 0 radical (unpaired) electrons. The van der Waals surface area contributed by atoms with Crippen molar-refractivity contribution in [2.45, 2.75) is 38.7 Å². The molecule has 1 aliphatic heterocycles. The minimum atomic E-state index is -2.91. The number of guanidine groups is 1. The zero-order chi connectivity index (χ0) is 17.0. The molecular formula is C15H31N3O4S. The summed E-state index contributed by atoms with van der Waals surface area (Å²) in [6.45, 7) is 6.27. The van der Waals surface area contributed by atoms with Crippen LogP contribution in [0.5, 0.6) is 0 Å². The summed E-state index contributed by atoms with van der Waals surface area (Å²) in [5.41, 5.74) is 0. The Balaban J connectivity index is 2.09. The second-order valence-electron chi connectivity index (χ2n) is 5.73. The third kappa shape index (κ3) is 11.3. The van der Waals surface area contributed by atoms with E-state index in [9.17, 15) is 8.42 Å². The van der Waals surface area contributed by atoms with Crippen LogP contribution in [0.3, 0.4) is 0 Å². The smallest absolute Gasteiger partial charge is 0.191 e. The first-order valence-electron chi connectivity index (χ1n) is 8.40. The maximum Gasteiger partial charge on any atom is 0.191 e. The number of aliphatic imine (C=N–C) groups is 1. The van der Waals surface area contributed by atoms with Gasteiger partial charge in [0, 0.05) is 39.1 Å². The van der Waals surface area contributed by atoms with E-state index < -0.39 is 9.84 Å². The van der Waals surface area contributed by atoms with Crippen molar-refractivity contribution in [3.05, 3.63) is 0 Å². The molecule has 0 spiro atoms. The van der Waals surface area contributed by atoms with Gasteiger partial charge in [-0.15, -0.1) is 0 Å². The molecule has 0 saturated carbocycles. The summed E-state index contributed by atoms with van der Waals surface area (Å²) in [5, 5.41) is 6.37. The van der Waals surface area contributed by atoms with Crippen LogP contribution in [0.15, 0.2) is 4.99 Å². The van der Waals surface area contributed by atoms with Crippen LogP contribution in [0.2, 0.25) is 0 Å². The van der Waals surface area contributed by atoms with Crippen molar-refractivity contribution in [1.82, 2.24) is 10.6 Å². The van der Waals surface area contributed by atoms with Gasteiger partial charge in [0.2, 0.25) is 0 Å². The molecule has 1 rings (SSSR count). The summed E-state index contributed by atoms with van der Waals surface area (Å²) in [7, 11) is -2.91. The van der Waals surface area contributed by atoms with E-state index in [1.807, 2.05) is 6.92 Å². The van der Waals surface area contributed by atoms with Crippen molar-refractivity contribution < 1.29 is 17.9 Å². The summed E-state index contributed by atoms with van der Waals surface area (Å²) in [6, 6.07) is 0. The fraction of sp³-hybridized carbons (Fsp3) is 0.933. The SMILES string of the molecule is CCNC(=NCCCS(C)(=O)=O)NCCCOCC1CCCO1. The Morgan fingerprint density at radius 2 is 2.17 bits per heavy atom. The fourth-order valence-electron chi connectivity index (χ4n) is 2.23. The molecule has 7 nitrogen and oxygen atoms in total. The lowest BCUT2D eigenvalue weighted by Crippen LogP contribution is -2.38. The Bertz CT molecular complexity index is 434. The average molecular weight is 349 g/mol. The van der Waals surface area contributed by atoms with E-state index in [-0.39, 0.29) is 11.9 Å². The highest BCUT2D eigenvalue weighted by atomic mass is 32.2. The highest BCUT2D eigenvalue weighted by Crippen LogP contribution is 2.11. The van der Waals surface area contributed by atoms with Gasteiger partial charge in [-0.2, -0.15) is 0 Å². The highest BCUT2D eigenvalue weighted by molar-refractivity contribution is 7.90. The first-order chi connectivity index (χ1) is 11.0. The molecule has 2 N–H and O–H groups in total. The predicted molar refractivity (Wildman–Crippen MR) is 92.7 cm³/mol. The maximum atomic E-state index is 11.1. The van der Waals surface area contributed by atoms with Crippen molar-refractivity contribution in [2.24, 2.45) is 4.99 Å². The van der Waals surface area contributed by atoms with Crippen LogP contribution in [0.1, 0.15) is 32.6 Å². The summed E-state index contributed by atoms with van der Waals surface area (Å²) in [6.07, 6.45) is 5.19.